The third-order valence-corrected chi connectivity index (χ3v) is 5.51. The summed E-state index contributed by atoms with van der Waals surface area (Å²) in [7, 11) is 0. The van der Waals surface area contributed by atoms with Gasteiger partial charge in [-0.25, -0.2) is 4.98 Å². The van der Waals surface area contributed by atoms with Gasteiger partial charge < -0.3 is 5.32 Å². The van der Waals surface area contributed by atoms with Crippen molar-refractivity contribution in [2.75, 3.05) is 25.4 Å². The average molecular weight is 314 g/mol. The number of hydrogen-bond donors (Lipinski definition) is 1. The van der Waals surface area contributed by atoms with Crippen LogP contribution >= 0.6 is 23.1 Å². The van der Waals surface area contributed by atoms with Crippen molar-refractivity contribution in [3.8, 4) is 0 Å². The average Bonchev–Trinajstić information content (AvgIpc) is 2.75. The first-order chi connectivity index (χ1) is 9.44. The highest BCUT2D eigenvalue weighted by Crippen LogP contribution is 2.30. The molecular weight excluding hydrogens is 286 g/mol. The zero-order valence-electron chi connectivity index (χ0n) is 13.1. The monoisotopic (exact) mass is 313 g/mol. The van der Waals surface area contributed by atoms with Gasteiger partial charge in [0.05, 0.1) is 5.69 Å². The highest BCUT2D eigenvalue weighted by molar-refractivity contribution is 8.00. The van der Waals surface area contributed by atoms with E-state index in [0.29, 0.717) is 10.7 Å². The summed E-state index contributed by atoms with van der Waals surface area (Å²) in [5.41, 5.74) is 1.24. The van der Waals surface area contributed by atoms with Crippen LogP contribution in [0.4, 0.5) is 0 Å². The van der Waals surface area contributed by atoms with Crippen LogP contribution in [-0.4, -0.2) is 40.0 Å². The van der Waals surface area contributed by atoms with E-state index in [-0.39, 0.29) is 0 Å². The summed E-state index contributed by atoms with van der Waals surface area (Å²) in [5, 5.41) is 6.90. The molecule has 20 heavy (non-hydrogen) atoms. The minimum Gasteiger partial charge on any atom is -0.310 e. The Labute approximate surface area is 131 Å². The molecule has 2 heterocycles. The third-order valence-electron chi connectivity index (χ3n) is 3.32. The van der Waals surface area contributed by atoms with Gasteiger partial charge in [0.2, 0.25) is 0 Å². The quantitative estimate of drug-likeness (QED) is 0.873. The van der Waals surface area contributed by atoms with Gasteiger partial charge in [0.25, 0.3) is 0 Å². The lowest BCUT2D eigenvalue weighted by molar-refractivity contribution is 0.250. The van der Waals surface area contributed by atoms with Gasteiger partial charge in [-0.2, -0.15) is 11.8 Å². The predicted octanol–water partition coefficient (Wildman–Crippen LogP) is 3.22. The van der Waals surface area contributed by atoms with Crippen molar-refractivity contribution in [3.05, 3.63) is 16.1 Å². The van der Waals surface area contributed by atoms with E-state index in [1.165, 1.54) is 23.0 Å². The fourth-order valence-corrected chi connectivity index (χ4v) is 4.38. The molecule has 0 aromatic carbocycles. The molecule has 0 aliphatic carbocycles. The molecule has 1 aromatic rings. The Balaban J connectivity index is 1.80. The predicted molar refractivity (Wildman–Crippen MR) is 90.5 cm³/mol. The lowest BCUT2D eigenvalue weighted by atomic mass is 10.2. The molecule has 0 unspecified atom stereocenters. The summed E-state index contributed by atoms with van der Waals surface area (Å²) in [5.74, 6) is 1.93. The van der Waals surface area contributed by atoms with Crippen LogP contribution in [0, 0.1) is 5.92 Å². The number of thioether (sulfide) groups is 1. The zero-order chi connectivity index (χ0) is 14.6. The van der Waals surface area contributed by atoms with E-state index in [9.17, 15) is 0 Å². The van der Waals surface area contributed by atoms with Gasteiger partial charge in [-0.1, -0.05) is 13.8 Å². The zero-order valence-corrected chi connectivity index (χ0v) is 14.7. The molecule has 2 rings (SSSR count). The summed E-state index contributed by atoms with van der Waals surface area (Å²) in [4.78, 5) is 7.30. The topological polar surface area (TPSA) is 28.2 Å². The van der Waals surface area contributed by atoms with Crippen molar-refractivity contribution in [2.45, 2.75) is 45.5 Å². The Morgan fingerprint density at radius 3 is 2.95 bits per heavy atom. The van der Waals surface area contributed by atoms with Crippen molar-refractivity contribution in [2.24, 2.45) is 5.92 Å². The maximum atomic E-state index is 4.76. The van der Waals surface area contributed by atoms with Crippen LogP contribution < -0.4 is 5.32 Å². The molecule has 5 heteroatoms. The fraction of sp³-hybridized carbons (Fsp3) is 0.800. The molecule has 0 amide bonds. The van der Waals surface area contributed by atoms with E-state index in [2.05, 4.69) is 55.1 Å². The van der Waals surface area contributed by atoms with Crippen molar-refractivity contribution >= 4 is 23.1 Å². The van der Waals surface area contributed by atoms with Gasteiger partial charge in [0.15, 0.2) is 0 Å². The first-order valence-corrected chi connectivity index (χ1v) is 9.31. The van der Waals surface area contributed by atoms with Crippen LogP contribution in [0.2, 0.25) is 0 Å². The van der Waals surface area contributed by atoms with Crippen LogP contribution in [0.25, 0.3) is 0 Å². The number of aromatic nitrogens is 1. The summed E-state index contributed by atoms with van der Waals surface area (Å²) in [6.45, 7) is 14.5. The summed E-state index contributed by atoms with van der Waals surface area (Å²) in [6, 6.07) is 0. The van der Waals surface area contributed by atoms with E-state index in [1.807, 2.05) is 0 Å². The van der Waals surface area contributed by atoms with E-state index < -0.39 is 0 Å². The minimum absolute atomic E-state index is 0.385. The molecule has 1 aliphatic heterocycles. The molecule has 1 fully saturated rings. The first kappa shape index (κ1) is 16.3. The smallest absolute Gasteiger partial charge is 0.107 e. The highest BCUT2D eigenvalue weighted by Gasteiger charge is 2.27. The fourth-order valence-electron chi connectivity index (χ4n) is 2.45. The number of hydrogen-bond acceptors (Lipinski definition) is 5. The molecule has 1 saturated heterocycles. The van der Waals surface area contributed by atoms with Gasteiger partial charge in [-0.05, 0) is 26.3 Å². The van der Waals surface area contributed by atoms with Crippen LogP contribution in [0.5, 0.6) is 0 Å². The van der Waals surface area contributed by atoms with Gasteiger partial charge in [-0.15, -0.1) is 11.3 Å². The maximum absolute atomic E-state index is 4.76. The number of rotatable bonds is 6. The Bertz CT molecular complexity index is 415. The van der Waals surface area contributed by atoms with Crippen molar-refractivity contribution < 1.29 is 0 Å². The van der Waals surface area contributed by atoms with Gasteiger partial charge in [-0.3, -0.25) is 4.90 Å². The van der Waals surface area contributed by atoms with Gasteiger partial charge in [0.1, 0.15) is 5.01 Å². The van der Waals surface area contributed by atoms with Crippen molar-refractivity contribution in [1.82, 2.24) is 15.2 Å². The van der Waals surface area contributed by atoms with E-state index in [0.717, 1.165) is 26.2 Å². The van der Waals surface area contributed by atoms with Crippen LogP contribution in [0.3, 0.4) is 0 Å². The molecule has 3 nitrogen and oxygen atoms in total. The third kappa shape index (κ3) is 5.35. The normalized spacial score (nSPS) is 19.6. The molecule has 1 N–H and O–H groups in total. The number of thiazole rings is 1. The SMILES string of the molecule is CC(C)CNCc1nc(CN2CCSC(C)(C)C2)cs1. The van der Waals surface area contributed by atoms with E-state index in [4.69, 9.17) is 4.98 Å². The van der Waals surface area contributed by atoms with E-state index in [1.54, 1.807) is 11.3 Å². The van der Waals surface area contributed by atoms with Crippen molar-refractivity contribution in [1.29, 1.82) is 0 Å². The standard InChI is InChI=1S/C15H27N3S2/c1-12(2)7-16-8-14-17-13(10-19-14)9-18-5-6-20-15(3,4)11-18/h10,12,16H,5-9,11H2,1-4H3. The molecule has 0 atom stereocenters. The molecular formula is C15H27N3S2. The second-order valence-electron chi connectivity index (χ2n) is 6.58. The first-order valence-electron chi connectivity index (χ1n) is 7.45. The van der Waals surface area contributed by atoms with Crippen molar-refractivity contribution in [3.63, 3.8) is 0 Å². The maximum Gasteiger partial charge on any atom is 0.107 e. The van der Waals surface area contributed by atoms with Crippen LogP contribution in [0.1, 0.15) is 38.4 Å². The van der Waals surface area contributed by atoms with Gasteiger partial charge in [0, 0.05) is 42.1 Å². The molecule has 0 radical (unpaired) electrons. The minimum atomic E-state index is 0.385. The molecule has 0 spiro atoms. The second-order valence-corrected chi connectivity index (χ2v) is 9.32. The molecule has 0 saturated carbocycles. The van der Waals surface area contributed by atoms with E-state index >= 15 is 0 Å². The number of nitrogens with zero attached hydrogens (tertiary/aromatic N) is 2. The Morgan fingerprint density at radius 2 is 2.25 bits per heavy atom. The van der Waals surface area contributed by atoms with Crippen LogP contribution in [0.15, 0.2) is 5.38 Å². The second kappa shape index (κ2) is 7.25. The summed E-state index contributed by atoms with van der Waals surface area (Å²) in [6.07, 6.45) is 0. The molecule has 1 aromatic heterocycles. The Hall–Kier alpha value is -0.100. The largest absolute Gasteiger partial charge is 0.310 e. The van der Waals surface area contributed by atoms with Crippen LogP contribution in [-0.2, 0) is 13.1 Å². The molecule has 1 aliphatic rings. The Morgan fingerprint density at radius 1 is 1.45 bits per heavy atom. The lowest BCUT2D eigenvalue weighted by Gasteiger charge is -2.37. The van der Waals surface area contributed by atoms with Gasteiger partial charge >= 0.3 is 0 Å². The molecule has 0 bridgehead atoms. The number of nitrogens with one attached hydrogen (secondary N) is 1. The summed E-state index contributed by atoms with van der Waals surface area (Å²) < 4.78 is 0.385. The highest BCUT2D eigenvalue weighted by atomic mass is 32.2. The Kier molecular flexibility index (Phi) is 5.90. The summed E-state index contributed by atoms with van der Waals surface area (Å²) >= 11 is 3.87. The molecule has 114 valence electrons. The lowest BCUT2D eigenvalue weighted by Crippen LogP contribution is -2.42.